The fourth-order valence-electron chi connectivity index (χ4n) is 2.85. The van der Waals surface area contributed by atoms with Crippen LogP contribution in [0.15, 0.2) is 54.9 Å². The predicted molar refractivity (Wildman–Crippen MR) is 96.6 cm³/mol. The van der Waals surface area contributed by atoms with Gasteiger partial charge in [-0.2, -0.15) is 0 Å². The average Bonchev–Trinajstić information content (AvgIpc) is 3.07. The molecule has 0 spiro atoms. The maximum atomic E-state index is 11.4. The fourth-order valence-corrected chi connectivity index (χ4v) is 2.85. The third-order valence-electron chi connectivity index (χ3n) is 4.22. The molecule has 5 heteroatoms. The van der Waals surface area contributed by atoms with Gasteiger partial charge in [-0.15, -0.1) is 10.2 Å². The number of hydrogen-bond acceptors (Lipinski definition) is 3. The predicted octanol–water partition coefficient (Wildman–Crippen LogP) is 4.03. The second-order valence-corrected chi connectivity index (χ2v) is 6.03. The second-order valence-electron chi connectivity index (χ2n) is 6.03. The number of nitrogens with zero attached hydrogens (tertiary/aromatic N) is 3. The molecule has 0 aliphatic heterocycles. The Morgan fingerprint density at radius 1 is 1.12 bits per heavy atom. The lowest BCUT2D eigenvalue weighted by Crippen LogP contribution is -2.04. The number of aryl methyl sites for hydroxylation is 1. The summed E-state index contributed by atoms with van der Waals surface area (Å²) >= 11 is 0. The molecule has 0 amide bonds. The largest absolute Gasteiger partial charge is 0.478 e. The molecule has 3 rings (SSSR count). The summed E-state index contributed by atoms with van der Waals surface area (Å²) < 4.78 is 2.07. The molecular weight excluding hydrogens is 314 g/mol. The Morgan fingerprint density at radius 2 is 1.88 bits per heavy atom. The van der Waals surface area contributed by atoms with Gasteiger partial charge < -0.3 is 9.67 Å². The van der Waals surface area contributed by atoms with E-state index in [1.165, 1.54) is 0 Å². The number of carbonyl (C=O) groups is 1. The van der Waals surface area contributed by atoms with Crippen molar-refractivity contribution in [3.63, 3.8) is 0 Å². The molecule has 3 aromatic rings. The average molecular weight is 335 g/mol. The van der Waals surface area contributed by atoms with Gasteiger partial charge in [-0.05, 0) is 29.2 Å². The van der Waals surface area contributed by atoms with E-state index >= 15 is 0 Å². The van der Waals surface area contributed by atoms with E-state index < -0.39 is 5.97 Å². The van der Waals surface area contributed by atoms with Crippen LogP contribution >= 0.6 is 0 Å². The van der Waals surface area contributed by atoms with E-state index in [0.29, 0.717) is 12.1 Å². The van der Waals surface area contributed by atoms with E-state index in [4.69, 9.17) is 0 Å². The van der Waals surface area contributed by atoms with Crippen LogP contribution in [-0.2, 0) is 13.0 Å². The Balaban J connectivity index is 1.80. The highest BCUT2D eigenvalue weighted by atomic mass is 16.4. The van der Waals surface area contributed by atoms with E-state index in [-0.39, 0.29) is 0 Å². The quantitative estimate of drug-likeness (QED) is 0.708. The lowest BCUT2D eigenvalue weighted by molar-refractivity contribution is 0.0697. The fraction of sp³-hybridized carbons (Fsp3) is 0.250. The molecule has 0 aliphatic rings. The van der Waals surface area contributed by atoms with Crippen molar-refractivity contribution in [2.45, 2.75) is 32.7 Å². The standard InChI is InChI=1S/C20H21N3O2/c1-2-3-8-19-22-21-14-23(19)13-15-9-11-16(12-10-15)17-6-4-5-7-18(17)20(24)25/h4-7,9-12,14H,2-3,8,13H2,1H3,(H,24,25). The molecule has 0 radical (unpaired) electrons. The maximum absolute atomic E-state index is 11.4. The molecule has 0 bridgehead atoms. The van der Waals surface area contributed by atoms with Crippen molar-refractivity contribution >= 4 is 5.97 Å². The van der Waals surface area contributed by atoms with Crippen LogP contribution in [0.25, 0.3) is 11.1 Å². The lowest BCUT2D eigenvalue weighted by atomic mass is 9.99. The zero-order chi connectivity index (χ0) is 17.6. The van der Waals surface area contributed by atoms with Crippen molar-refractivity contribution in [1.82, 2.24) is 14.8 Å². The minimum Gasteiger partial charge on any atom is -0.478 e. The van der Waals surface area contributed by atoms with E-state index in [1.807, 2.05) is 36.4 Å². The van der Waals surface area contributed by atoms with Gasteiger partial charge in [-0.25, -0.2) is 4.79 Å². The number of aromatic nitrogens is 3. The van der Waals surface area contributed by atoms with Gasteiger partial charge in [0, 0.05) is 6.42 Å². The SMILES string of the molecule is CCCCc1nncn1Cc1ccc(-c2ccccc2C(=O)O)cc1. The van der Waals surface area contributed by atoms with Gasteiger partial charge in [0.1, 0.15) is 12.2 Å². The Labute approximate surface area is 147 Å². The monoisotopic (exact) mass is 335 g/mol. The van der Waals surface area contributed by atoms with Crippen molar-refractivity contribution in [3.05, 3.63) is 71.8 Å². The minimum absolute atomic E-state index is 0.316. The van der Waals surface area contributed by atoms with Gasteiger partial charge in [-0.1, -0.05) is 55.8 Å². The van der Waals surface area contributed by atoms with Gasteiger partial charge in [-0.3, -0.25) is 0 Å². The normalized spacial score (nSPS) is 10.8. The van der Waals surface area contributed by atoms with Crippen LogP contribution < -0.4 is 0 Å². The molecule has 1 heterocycles. The third kappa shape index (κ3) is 3.94. The van der Waals surface area contributed by atoms with E-state index in [2.05, 4.69) is 21.7 Å². The summed E-state index contributed by atoms with van der Waals surface area (Å²) in [4.78, 5) is 11.4. The van der Waals surface area contributed by atoms with Crippen molar-refractivity contribution in [2.24, 2.45) is 0 Å². The Bertz CT molecular complexity index is 853. The molecule has 0 saturated heterocycles. The first kappa shape index (κ1) is 16.9. The number of hydrogen-bond donors (Lipinski definition) is 1. The number of carboxylic acid groups (broad SMARTS) is 1. The smallest absolute Gasteiger partial charge is 0.336 e. The van der Waals surface area contributed by atoms with Crippen LogP contribution in [0, 0.1) is 0 Å². The topological polar surface area (TPSA) is 68.0 Å². The number of rotatable bonds is 7. The number of unbranched alkanes of at least 4 members (excludes halogenated alkanes) is 1. The first-order valence-corrected chi connectivity index (χ1v) is 8.47. The molecular formula is C20H21N3O2. The van der Waals surface area contributed by atoms with Crippen LogP contribution in [0.3, 0.4) is 0 Å². The number of benzene rings is 2. The third-order valence-corrected chi connectivity index (χ3v) is 4.22. The van der Waals surface area contributed by atoms with Gasteiger partial charge in [0.15, 0.2) is 0 Å². The van der Waals surface area contributed by atoms with Crippen molar-refractivity contribution < 1.29 is 9.90 Å². The molecule has 0 aliphatic carbocycles. The molecule has 25 heavy (non-hydrogen) atoms. The summed E-state index contributed by atoms with van der Waals surface area (Å²) in [6.45, 7) is 2.88. The zero-order valence-corrected chi connectivity index (χ0v) is 14.2. The summed E-state index contributed by atoms with van der Waals surface area (Å²) in [5.74, 6) is 0.0897. The highest BCUT2D eigenvalue weighted by Crippen LogP contribution is 2.24. The molecule has 0 fully saturated rings. The molecule has 128 valence electrons. The maximum Gasteiger partial charge on any atom is 0.336 e. The zero-order valence-electron chi connectivity index (χ0n) is 14.2. The molecule has 1 aromatic heterocycles. The highest BCUT2D eigenvalue weighted by Gasteiger charge is 2.11. The van der Waals surface area contributed by atoms with Crippen LogP contribution in [0.5, 0.6) is 0 Å². The molecule has 2 aromatic carbocycles. The highest BCUT2D eigenvalue weighted by molar-refractivity contribution is 5.95. The lowest BCUT2D eigenvalue weighted by Gasteiger charge is -2.09. The van der Waals surface area contributed by atoms with Crippen molar-refractivity contribution in [2.75, 3.05) is 0 Å². The first-order chi connectivity index (χ1) is 12.2. The number of aromatic carboxylic acids is 1. The van der Waals surface area contributed by atoms with Gasteiger partial charge in [0.05, 0.1) is 12.1 Å². The summed E-state index contributed by atoms with van der Waals surface area (Å²) in [6, 6.07) is 15.0. The van der Waals surface area contributed by atoms with E-state index in [9.17, 15) is 9.90 Å². The summed E-state index contributed by atoms with van der Waals surface area (Å²) in [7, 11) is 0. The molecule has 0 unspecified atom stereocenters. The van der Waals surface area contributed by atoms with E-state index in [0.717, 1.165) is 41.8 Å². The second kappa shape index (κ2) is 7.75. The Morgan fingerprint density at radius 3 is 2.60 bits per heavy atom. The van der Waals surface area contributed by atoms with Crippen LogP contribution in [0.1, 0.15) is 41.5 Å². The summed E-state index contributed by atoms with van der Waals surface area (Å²) in [5, 5.41) is 17.5. The Kier molecular flexibility index (Phi) is 5.23. The molecule has 0 atom stereocenters. The first-order valence-electron chi connectivity index (χ1n) is 8.47. The molecule has 5 nitrogen and oxygen atoms in total. The van der Waals surface area contributed by atoms with Crippen LogP contribution in [-0.4, -0.2) is 25.8 Å². The summed E-state index contributed by atoms with van der Waals surface area (Å²) in [5.41, 5.74) is 3.08. The van der Waals surface area contributed by atoms with Crippen molar-refractivity contribution in [1.29, 1.82) is 0 Å². The van der Waals surface area contributed by atoms with Crippen molar-refractivity contribution in [3.8, 4) is 11.1 Å². The number of carboxylic acids is 1. The summed E-state index contributed by atoms with van der Waals surface area (Å²) in [6.07, 6.45) is 4.92. The minimum atomic E-state index is -0.912. The van der Waals surface area contributed by atoms with Gasteiger partial charge in [0.25, 0.3) is 0 Å². The molecule has 0 saturated carbocycles. The van der Waals surface area contributed by atoms with Gasteiger partial charge >= 0.3 is 5.97 Å². The molecule has 1 N–H and O–H groups in total. The van der Waals surface area contributed by atoms with Crippen LogP contribution in [0.2, 0.25) is 0 Å². The van der Waals surface area contributed by atoms with Gasteiger partial charge in [0.2, 0.25) is 0 Å². The Hall–Kier alpha value is -2.95. The van der Waals surface area contributed by atoms with E-state index in [1.54, 1.807) is 18.5 Å². The van der Waals surface area contributed by atoms with Crippen LogP contribution in [0.4, 0.5) is 0 Å².